The molecule has 0 aliphatic carbocycles. The zero-order valence-electron chi connectivity index (χ0n) is 28.7. The number of halogens is 2. The standard InChI is InChI=1S/C36H45F2N3O6Si/c1-35(2)21-47-33-26(35)18-30(36(3,43)20-39-34(42)23-11-12-28(46-14-13-37)29(17-23)44-4)40-31(33)25-19-41(22-45-15-16-48(5,6)7)32-24(25)9-8-10-27(32)38/h8-12,17-19,43H,13-16,20-22H2,1-7H3,(H,39,42). The second-order valence-corrected chi connectivity index (χ2v) is 19.9. The lowest BCUT2D eigenvalue weighted by atomic mass is 9.84. The third-order valence-electron chi connectivity index (χ3n) is 8.52. The predicted molar refractivity (Wildman–Crippen MR) is 184 cm³/mol. The maximum atomic E-state index is 15.3. The summed E-state index contributed by atoms with van der Waals surface area (Å²) in [4.78, 5) is 18.1. The third kappa shape index (κ3) is 7.50. The van der Waals surface area contributed by atoms with Gasteiger partial charge in [-0.15, -0.1) is 0 Å². The summed E-state index contributed by atoms with van der Waals surface area (Å²) in [5.74, 6) is 0.344. The van der Waals surface area contributed by atoms with E-state index in [0.29, 0.717) is 52.6 Å². The molecule has 1 unspecified atom stereocenters. The van der Waals surface area contributed by atoms with Crippen molar-refractivity contribution in [2.75, 3.05) is 40.1 Å². The molecular weight excluding hydrogens is 636 g/mol. The maximum absolute atomic E-state index is 15.3. The summed E-state index contributed by atoms with van der Waals surface area (Å²) in [6.45, 7) is 12.7. The number of pyridine rings is 1. The van der Waals surface area contributed by atoms with Gasteiger partial charge in [-0.2, -0.15) is 0 Å². The molecule has 2 N–H and O–H groups in total. The monoisotopic (exact) mass is 681 g/mol. The number of aliphatic hydroxyl groups is 1. The molecule has 1 atom stereocenters. The number of carbonyl (C=O) groups excluding carboxylic acids is 1. The molecule has 1 aliphatic rings. The summed E-state index contributed by atoms with van der Waals surface area (Å²) in [6.07, 6.45) is 1.83. The highest BCUT2D eigenvalue weighted by Gasteiger charge is 2.38. The molecule has 0 bridgehead atoms. The first-order valence-corrected chi connectivity index (χ1v) is 19.8. The number of methoxy groups -OCH3 is 1. The normalized spacial score (nSPS) is 15.1. The van der Waals surface area contributed by atoms with E-state index < -0.39 is 31.7 Å². The lowest BCUT2D eigenvalue weighted by Gasteiger charge is -2.26. The Balaban J connectivity index is 1.48. The molecule has 2 aromatic heterocycles. The van der Waals surface area contributed by atoms with E-state index in [1.165, 1.54) is 31.4 Å². The lowest BCUT2D eigenvalue weighted by molar-refractivity contribution is 0.0489. The molecule has 0 spiro atoms. The van der Waals surface area contributed by atoms with Crippen LogP contribution in [0.4, 0.5) is 8.78 Å². The Morgan fingerprint density at radius 3 is 2.65 bits per heavy atom. The summed E-state index contributed by atoms with van der Waals surface area (Å²) in [5, 5.41) is 15.2. The fourth-order valence-corrected chi connectivity index (χ4v) is 6.40. The molecule has 12 heteroatoms. The van der Waals surface area contributed by atoms with Crippen LogP contribution in [0.15, 0.2) is 48.7 Å². The molecule has 0 saturated heterocycles. The molecule has 3 heterocycles. The van der Waals surface area contributed by atoms with Crippen molar-refractivity contribution in [3.05, 3.63) is 71.3 Å². The average Bonchev–Trinajstić information content (AvgIpc) is 3.57. The van der Waals surface area contributed by atoms with Crippen LogP contribution < -0.4 is 19.5 Å². The first-order valence-electron chi connectivity index (χ1n) is 16.1. The molecule has 5 rings (SSSR count). The first kappa shape index (κ1) is 35.3. The van der Waals surface area contributed by atoms with Crippen LogP contribution in [-0.2, 0) is 22.5 Å². The molecule has 1 amide bonds. The van der Waals surface area contributed by atoms with E-state index in [9.17, 15) is 14.3 Å². The molecule has 0 radical (unpaired) electrons. The number of hydrogen-bond acceptors (Lipinski definition) is 7. The van der Waals surface area contributed by atoms with Gasteiger partial charge in [0.2, 0.25) is 0 Å². The Kier molecular flexibility index (Phi) is 10.2. The number of amides is 1. The van der Waals surface area contributed by atoms with E-state index >= 15 is 4.39 Å². The van der Waals surface area contributed by atoms with Gasteiger partial charge in [-0.1, -0.05) is 45.6 Å². The smallest absolute Gasteiger partial charge is 0.251 e. The van der Waals surface area contributed by atoms with Crippen LogP contribution >= 0.6 is 0 Å². The van der Waals surface area contributed by atoms with E-state index in [-0.39, 0.29) is 37.0 Å². The van der Waals surface area contributed by atoms with Crippen LogP contribution in [0.3, 0.4) is 0 Å². The van der Waals surface area contributed by atoms with E-state index in [1.807, 2.05) is 32.2 Å². The Hall–Kier alpha value is -4.00. The number of benzene rings is 2. The van der Waals surface area contributed by atoms with Crippen molar-refractivity contribution in [2.24, 2.45) is 0 Å². The van der Waals surface area contributed by atoms with Gasteiger partial charge < -0.3 is 33.9 Å². The number of nitrogens with one attached hydrogen (secondary N) is 1. The van der Waals surface area contributed by atoms with Gasteiger partial charge in [0.25, 0.3) is 5.91 Å². The van der Waals surface area contributed by atoms with Crippen LogP contribution in [0.25, 0.3) is 22.2 Å². The summed E-state index contributed by atoms with van der Waals surface area (Å²) in [5.41, 5.74) is 0.977. The van der Waals surface area contributed by atoms with Crippen molar-refractivity contribution >= 4 is 24.9 Å². The highest BCUT2D eigenvalue weighted by molar-refractivity contribution is 6.76. The Morgan fingerprint density at radius 2 is 1.94 bits per heavy atom. The molecule has 2 aromatic carbocycles. The molecule has 0 fully saturated rings. The molecule has 4 aromatic rings. The minimum atomic E-state index is -1.60. The van der Waals surface area contributed by atoms with Crippen molar-refractivity contribution in [3.8, 4) is 28.5 Å². The van der Waals surface area contributed by atoms with Crippen molar-refractivity contribution < 1.29 is 37.6 Å². The number of alkyl halides is 1. The van der Waals surface area contributed by atoms with Crippen molar-refractivity contribution in [2.45, 2.75) is 64.2 Å². The van der Waals surface area contributed by atoms with Gasteiger partial charge >= 0.3 is 0 Å². The van der Waals surface area contributed by atoms with E-state index in [2.05, 4.69) is 25.0 Å². The number of ether oxygens (including phenoxy) is 4. The van der Waals surface area contributed by atoms with Crippen LogP contribution in [0.1, 0.15) is 42.4 Å². The van der Waals surface area contributed by atoms with Gasteiger partial charge in [0, 0.05) is 48.4 Å². The second-order valence-electron chi connectivity index (χ2n) is 14.3. The summed E-state index contributed by atoms with van der Waals surface area (Å²) < 4.78 is 52.6. The van der Waals surface area contributed by atoms with Crippen molar-refractivity contribution in [1.29, 1.82) is 0 Å². The molecule has 1 aliphatic heterocycles. The Labute approximate surface area is 281 Å². The Morgan fingerprint density at radius 1 is 1.17 bits per heavy atom. The number of fused-ring (bicyclic) bond motifs is 2. The summed E-state index contributed by atoms with van der Waals surface area (Å²) in [6, 6.07) is 12.3. The van der Waals surface area contributed by atoms with E-state index in [1.54, 1.807) is 17.6 Å². The largest absolute Gasteiger partial charge is 0.493 e. The Bertz CT molecular complexity index is 1800. The topological polar surface area (TPSA) is 104 Å². The van der Waals surface area contributed by atoms with E-state index in [4.69, 9.17) is 23.9 Å². The second kappa shape index (κ2) is 13.8. The van der Waals surface area contributed by atoms with Gasteiger partial charge in [-0.05, 0) is 43.3 Å². The number of para-hydroxylation sites is 1. The van der Waals surface area contributed by atoms with Gasteiger partial charge in [-0.3, -0.25) is 4.79 Å². The molecule has 9 nitrogen and oxygen atoms in total. The average molecular weight is 682 g/mol. The van der Waals surface area contributed by atoms with Gasteiger partial charge in [-0.25, -0.2) is 13.8 Å². The number of aromatic nitrogens is 2. The van der Waals surface area contributed by atoms with Crippen molar-refractivity contribution in [3.63, 3.8) is 0 Å². The van der Waals surface area contributed by atoms with Crippen LogP contribution in [-0.4, -0.2) is 68.8 Å². The summed E-state index contributed by atoms with van der Waals surface area (Å²) in [7, 11) is 0.121. The van der Waals surface area contributed by atoms with Gasteiger partial charge in [0.1, 0.15) is 42.9 Å². The van der Waals surface area contributed by atoms with Crippen LogP contribution in [0, 0.1) is 5.82 Å². The minimum Gasteiger partial charge on any atom is -0.493 e. The maximum Gasteiger partial charge on any atom is 0.251 e. The van der Waals surface area contributed by atoms with Crippen molar-refractivity contribution in [1.82, 2.24) is 14.9 Å². The minimum absolute atomic E-state index is 0.135. The fourth-order valence-electron chi connectivity index (χ4n) is 5.64. The lowest BCUT2D eigenvalue weighted by Crippen LogP contribution is -2.39. The molecule has 0 saturated carbocycles. The van der Waals surface area contributed by atoms with Crippen LogP contribution in [0.2, 0.25) is 25.7 Å². The van der Waals surface area contributed by atoms with Gasteiger partial charge in [0.15, 0.2) is 11.5 Å². The molecule has 258 valence electrons. The van der Waals surface area contributed by atoms with Crippen LogP contribution in [0.5, 0.6) is 17.2 Å². The SMILES string of the molecule is COc1cc(C(=O)NCC(C)(O)c2cc3c(c(-c4cn(COCC[Si](C)(C)C)c5c(F)cccc45)n2)OCC3(C)C)ccc1OCCF. The highest BCUT2D eigenvalue weighted by Crippen LogP contribution is 2.47. The first-order chi connectivity index (χ1) is 22.6. The molecule has 48 heavy (non-hydrogen) atoms. The van der Waals surface area contributed by atoms with E-state index in [0.717, 1.165) is 11.6 Å². The number of nitrogens with zero attached hydrogens (tertiary/aromatic N) is 2. The van der Waals surface area contributed by atoms with Gasteiger partial charge in [0.05, 0.1) is 31.5 Å². The fraction of sp³-hybridized carbons (Fsp3) is 0.444. The highest BCUT2D eigenvalue weighted by atomic mass is 28.3. The zero-order valence-corrected chi connectivity index (χ0v) is 29.7. The quantitative estimate of drug-likeness (QED) is 0.111. The molecular formula is C36H45F2N3O6Si. The summed E-state index contributed by atoms with van der Waals surface area (Å²) >= 11 is 0. The number of hydrogen-bond donors (Lipinski definition) is 2. The zero-order chi connectivity index (χ0) is 34.9. The third-order valence-corrected chi connectivity index (χ3v) is 10.2. The number of carbonyl (C=O) groups is 1. The number of rotatable bonds is 14. The predicted octanol–water partition coefficient (Wildman–Crippen LogP) is 6.82.